The molecule has 0 fully saturated rings. The topological polar surface area (TPSA) is 0 Å². The molecule has 0 N–H and O–H groups in total. The van der Waals surface area contributed by atoms with Crippen molar-refractivity contribution < 1.29 is 0 Å². The van der Waals surface area contributed by atoms with Crippen LogP contribution in [0.2, 0.25) is 0 Å². The SMILES string of the molecule is CC1(C)C=C=C=C=C1. The van der Waals surface area contributed by atoms with Crippen LogP contribution >= 0.6 is 0 Å². The van der Waals surface area contributed by atoms with Crippen LogP contribution in [0.15, 0.2) is 29.3 Å². The van der Waals surface area contributed by atoms with Crippen LogP contribution in [0.3, 0.4) is 0 Å². The second kappa shape index (κ2) is 1.54. The van der Waals surface area contributed by atoms with Gasteiger partial charge in [-0.2, -0.15) is 0 Å². The lowest BCUT2D eigenvalue weighted by molar-refractivity contribution is 0.626. The van der Waals surface area contributed by atoms with Gasteiger partial charge in [0, 0.05) is 5.41 Å². The predicted molar refractivity (Wildman–Crippen MR) is 33.5 cm³/mol. The lowest BCUT2D eigenvalue weighted by Crippen LogP contribution is -2.00. The molecule has 0 aliphatic heterocycles. The van der Waals surface area contributed by atoms with Gasteiger partial charge in [-0.25, -0.2) is 0 Å². The molecular weight excluding hydrogens is 96.1 g/mol. The molecule has 0 atom stereocenters. The maximum absolute atomic E-state index is 2.86. The number of allylic oxidation sites excluding steroid dienone is 2. The van der Waals surface area contributed by atoms with E-state index in [0.29, 0.717) is 0 Å². The number of rotatable bonds is 0. The molecule has 0 nitrogen and oxygen atoms in total. The van der Waals surface area contributed by atoms with E-state index in [-0.39, 0.29) is 5.41 Å². The molecule has 1 rings (SSSR count). The predicted octanol–water partition coefficient (Wildman–Crippen LogP) is 2.05. The summed E-state index contributed by atoms with van der Waals surface area (Å²) >= 11 is 0. The van der Waals surface area contributed by atoms with Crippen molar-refractivity contribution in [1.82, 2.24) is 0 Å². The van der Waals surface area contributed by atoms with Crippen LogP contribution in [0.25, 0.3) is 0 Å². The van der Waals surface area contributed by atoms with Gasteiger partial charge in [-0.15, -0.1) is 0 Å². The number of hydrogen-bond donors (Lipinski definition) is 0. The molecule has 0 aromatic heterocycles. The third-order valence-electron chi connectivity index (χ3n) is 1.03. The zero-order valence-electron chi connectivity index (χ0n) is 5.15. The van der Waals surface area contributed by atoms with Gasteiger partial charge in [-0.3, -0.25) is 0 Å². The van der Waals surface area contributed by atoms with Crippen LogP contribution in [0.4, 0.5) is 0 Å². The molecule has 40 valence electrons. The molecule has 8 heavy (non-hydrogen) atoms. The highest BCUT2D eigenvalue weighted by molar-refractivity contribution is 5.10. The smallest absolute Gasteiger partial charge is 0.0168 e. The molecule has 0 heteroatoms. The minimum Gasteiger partial charge on any atom is -0.0649 e. The van der Waals surface area contributed by atoms with Gasteiger partial charge in [-0.1, -0.05) is 25.3 Å². The molecule has 0 bridgehead atoms. The molecular formula is C8H8. The molecule has 0 amide bonds. The molecule has 0 aromatic carbocycles. The minimum absolute atomic E-state index is 0.144. The van der Waals surface area contributed by atoms with Gasteiger partial charge in [0.25, 0.3) is 0 Å². The summed E-state index contributed by atoms with van der Waals surface area (Å²) in [5.74, 6) is 0. The maximum atomic E-state index is 2.86. The van der Waals surface area contributed by atoms with E-state index < -0.39 is 0 Å². The summed E-state index contributed by atoms with van der Waals surface area (Å²) in [6.45, 7) is 4.21. The van der Waals surface area contributed by atoms with Gasteiger partial charge in [0.05, 0.1) is 0 Å². The minimum atomic E-state index is 0.144. The van der Waals surface area contributed by atoms with Crippen LogP contribution < -0.4 is 0 Å². The average molecular weight is 104 g/mol. The zero-order chi connectivity index (χ0) is 6.04. The van der Waals surface area contributed by atoms with Crippen molar-refractivity contribution in [1.29, 1.82) is 0 Å². The first-order valence-electron chi connectivity index (χ1n) is 2.65. The molecule has 0 saturated heterocycles. The van der Waals surface area contributed by atoms with Crippen LogP contribution in [0.5, 0.6) is 0 Å². The van der Waals surface area contributed by atoms with Crippen molar-refractivity contribution in [2.24, 2.45) is 5.41 Å². The Balaban J connectivity index is 3.09. The van der Waals surface area contributed by atoms with Gasteiger partial charge in [0.15, 0.2) is 0 Å². The fourth-order valence-corrected chi connectivity index (χ4v) is 0.528. The van der Waals surface area contributed by atoms with Gasteiger partial charge >= 0.3 is 0 Å². The first-order valence-corrected chi connectivity index (χ1v) is 2.65. The second-order valence-corrected chi connectivity index (χ2v) is 2.52. The number of hydrogen-bond acceptors (Lipinski definition) is 0. The summed E-state index contributed by atoms with van der Waals surface area (Å²) in [4.78, 5) is 0. The molecule has 1 aliphatic rings. The van der Waals surface area contributed by atoms with Gasteiger partial charge in [0.1, 0.15) is 0 Å². The van der Waals surface area contributed by atoms with Gasteiger partial charge < -0.3 is 0 Å². The van der Waals surface area contributed by atoms with E-state index in [9.17, 15) is 0 Å². The molecule has 0 unspecified atom stereocenters. The van der Waals surface area contributed by atoms with Crippen molar-refractivity contribution in [3.8, 4) is 0 Å². The Morgan fingerprint density at radius 3 is 1.88 bits per heavy atom. The Kier molecular flexibility index (Phi) is 1.01. The molecule has 0 radical (unpaired) electrons. The van der Waals surface area contributed by atoms with E-state index in [4.69, 9.17) is 0 Å². The summed E-state index contributed by atoms with van der Waals surface area (Å²) in [6.07, 6.45) is 3.95. The summed E-state index contributed by atoms with van der Waals surface area (Å²) < 4.78 is 0. The van der Waals surface area contributed by atoms with E-state index in [1.54, 1.807) is 0 Å². The van der Waals surface area contributed by atoms with Crippen molar-refractivity contribution in [3.05, 3.63) is 29.3 Å². The Bertz CT molecular complexity index is 192. The Morgan fingerprint density at radius 2 is 1.62 bits per heavy atom. The van der Waals surface area contributed by atoms with Crippen molar-refractivity contribution in [2.75, 3.05) is 0 Å². The van der Waals surface area contributed by atoms with E-state index in [1.807, 2.05) is 12.2 Å². The van der Waals surface area contributed by atoms with E-state index in [0.717, 1.165) is 0 Å². The van der Waals surface area contributed by atoms with Gasteiger partial charge in [-0.05, 0) is 17.9 Å². The van der Waals surface area contributed by atoms with E-state index >= 15 is 0 Å². The molecule has 0 aromatic rings. The van der Waals surface area contributed by atoms with Gasteiger partial charge in [0.2, 0.25) is 0 Å². The summed E-state index contributed by atoms with van der Waals surface area (Å²) in [5, 5.41) is 0. The molecule has 1 aliphatic carbocycles. The Hall–Kier alpha value is -0.920. The first-order chi connectivity index (χ1) is 3.71. The lowest BCUT2D eigenvalue weighted by atomic mass is 9.93. The molecule has 0 saturated carbocycles. The Morgan fingerprint density at radius 1 is 1.12 bits per heavy atom. The van der Waals surface area contributed by atoms with Crippen LogP contribution in [-0.4, -0.2) is 0 Å². The van der Waals surface area contributed by atoms with E-state index in [1.165, 1.54) is 0 Å². The monoisotopic (exact) mass is 104 g/mol. The third-order valence-corrected chi connectivity index (χ3v) is 1.03. The lowest BCUT2D eigenvalue weighted by Gasteiger charge is -2.10. The second-order valence-electron chi connectivity index (χ2n) is 2.52. The molecule has 0 spiro atoms. The summed E-state index contributed by atoms with van der Waals surface area (Å²) in [5.41, 5.74) is 8.59. The zero-order valence-corrected chi connectivity index (χ0v) is 5.15. The van der Waals surface area contributed by atoms with Crippen molar-refractivity contribution in [3.63, 3.8) is 0 Å². The maximum Gasteiger partial charge on any atom is 0.0168 e. The Labute approximate surface area is 49.5 Å². The quantitative estimate of drug-likeness (QED) is 0.412. The molecule has 0 heterocycles. The largest absolute Gasteiger partial charge is 0.0649 e. The highest BCUT2D eigenvalue weighted by atomic mass is 14.1. The van der Waals surface area contributed by atoms with Crippen molar-refractivity contribution >= 4 is 0 Å². The van der Waals surface area contributed by atoms with Crippen LogP contribution in [0.1, 0.15) is 13.8 Å². The highest BCUT2D eigenvalue weighted by Crippen LogP contribution is 2.17. The van der Waals surface area contributed by atoms with Crippen molar-refractivity contribution in [2.45, 2.75) is 13.8 Å². The fourth-order valence-electron chi connectivity index (χ4n) is 0.528. The third kappa shape index (κ3) is 1.03. The van der Waals surface area contributed by atoms with Crippen LogP contribution in [-0.2, 0) is 0 Å². The highest BCUT2D eigenvalue weighted by Gasteiger charge is 2.08. The normalized spacial score (nSPS) is 19.8. The summed E-state index contributed by atoms with van der Waals surface area (Å²) in [6, 6.07) is 0. The van der Waals surface area contributed by atoms with Crippen LogP contribution in [0, 0.1) is 5.41 Å². The summed E-state index contributed by atoms with van der Waals surface area (Å²) in [7, 11) is 0. The average Bonchev–Trinajstić information content (AvgIpc) is 1.65. The fraction of sp³-hybridized carbons (Fsp3) is 0.375. The first kappa shape index (κ1) is 5.22. The van der Waals surface area contributed by atoms with E-state index in [2.05, 4.69) is 31.0 Å². The standard InChI is InChI=1S/C8H8/c1-8(2)6-4-3-5-7-8/h6-7H,1-2H3.